The third-order valence-corrected chi connectivity index (χ3v) is 6.45. The van der Waals surface area contributed by atoms with E-state index in [-0.39, 0.29) is 6.10 Å². The van der Waals surface area contributed by atoms with Gasteiger partial charge < -0.3 is 14.2 Å². The molecule has 0 N–H and O–H groups in total. The van der Waals surface area contributed by atoms with Crippen LogP contribution in [-0.4, -0.2) is 53.5 Å². The Morgan fingerprint density at radius 3 is 2.54 bits per heavy atom. The van der Waals surface area contributed by atoms with Crippen molar-refractivity contribution < 1.29 is 4.74 Å². The van der Waals surface area contributed by atoms with Crippen LogP contribution in [0, 0.1) is 0 Å². The van der Waals surface area contributed by atoms with Crippen LogP contribution in [0.25, 0.3) is 22.4 Å². The SMILES string of the molecule is CCc1cnc(N2CCC(Oc3ccc(-n4ccc5cc(-n6cncn6)ccc54)nc3)CC2)cn1. The van der Waals surface area contributed by atoms with Crippen LogP contribution in [0.4, 0.5) is 5.82 Å². The summed E-state index contributed by atoms with van der Waals surface area (Å²) in [7, 11) is 0. The number of hydrogen-bond acceptors (Lipinski definition) is 7. The van der Waals surface area contributed by atoms with E-state index >= 15 is 0 Å². The minimum Gasteiger partial charge on any atom is -0.489 e. The number of aryl methyl sites for hydroxylation is 1. The number of pyridine rings is 1. The molecule has 0 aliphatic carbocycles. The van der Waals surface area contributed by atoms with Crippen LogP contribution in [0.2, 0.25) is 0 Å². The summed E-state index contributed by atoms with van der Waals surface area (Å²) in [6.07, 6.45) is 13.8. The zero-order valence-electron chi connectivity index (χ0n) is 19.5. The molecule has 1 fully saturated rings. The molecule has 0 radical (unpaired) electrons. The lowest BCUT2D eigenvalue weighted by Gasteiger charge is -2.32. The number of fused-ring (bicyclic) bond motifs is 1. The second kappa shape index (κ2) is 9.17. The molecule has 0 unspecified atom stereocenters. The summed E-state index contributed by atoms with van der Waals surface area (Å²) >= 11 is 0. The predicted octanol–water partition coefficient (Wildman–Crippen LogP) is 4.01. The van der Waals surface area contributed by atoms with Gasteiger partial charge in [0.1, 0.15) is 36.1 Å². The van der Waals surface area contributed by atoms with Gasteiger partial charge in [0.2, 0.25) is 0 Å². The molecule has 1 aliphatic heterocycles. The molecule has 0 saturated carbocycles. The maximum Gasteiger partial charge on any atom is 0.147 e. The highest BCUT2D eigenvalue weighted by Gasteiger charge is 2.22. The van der Waals surface area contributed by atoms with Crippen molar-refractivity contribution in [3.05, 3.63) is 79.5 Å². The third-order valence-electron chi connectivity index (χ3n) is 6.45. The molecule has 35 heavy (non-hydrogen) atoms. The van der Waals surface area contributed by atoms with Crippen molar-refractivity contribution in [1.82, 2.24) is 34.3 Å². The highest BCUT2D eigenvalue weighted by atomic mass is 16.5. The van der Waals surface area contributed by atoms with Gasteiger partial charge in [0.25, 0.3) is 0 Å². The molecule has 5 aromatic rings. The van der Waals surface area contributed by atoms with Gasteiger partial charge in [-0.25, -0.2) is 19.6 Å². The molecule has 0 amide bonds. The number of benzene rings is 1. The van der Waals surface area contributed by atoms with Crippen molar-refractivity contribution in [2.75, 3.05) is 18.0 Å². The van der Waals surface area contributed by atoms with Crippen LogP contribution >= 0.6 is 0 Å². The average Bonchev–Trinajstić information content (AvgIpc) is 3.60. The lowest BCUT2D eigenvalue weighted by molar-refractivity contribution is 0.170. The van der Waals surface area contributed by atoms with Crippen LogP contribution in [0.15, 0.2) is 73.8 Å². The Kier molecular flexibility index (Phi) is 5.57. The normalized spacial score (nSPS) is 14.5. The van der Waals surface area contributed by atoms with Crippen LogP contribution in [-0.2, 0) is 6.42 Å². The first kappa shape index (κ1) is 21.3. The van der Waals surface area contributed by atoms with Gasteiger partial charge >= 0.3 is 0 Å². The third kappa shape index (κ3) is 4.32. The maximum absolute atomic E-state index is 6.24. The van der Waals surface area contributed by atoms with E-state index in [4.69, 9.17) is 4.74 Å². The van der Waals surface area contributed by atoms with E-state index in [9.17, 15) is 0 Å². The molecule has 0 bridgehead atoms. The molecule has 6 rings (SSSR count). The monoisotopic (exact) mass is 466 g/mol. The van der Waals surface area contributed by atoms with Crippen molar-refractivity contribution in [3.63, 3.8) is 0 Å². The zero-order chi connectivity index (χ0) is 23.6. The summed E-state index contributed by atoms with van der Waals surface area (Å²) in [6, 6.07) is 12.3. The maximum atomic E-state index is 6.24. The highest BCUT2D eigenvalue weighted by Crippen LogP contribution is 2.25. The molecular weight excluding hydrogens is 440 g/mol. The minimum absolute atomic E-state index is 0.171. The molecule has 1 aromatic carbocycles. The smallest absolute Gasteiger partial charge is 0.147 e. The van der Waals surface area contributed by atoms with Crippen LogP contribution in [0.3, 0.4) is 0 Å². The van der Waals surface area contributed by atoms with Gasteiger partial charge in [-0.2, -0.15) is 5.10 Å². The molecule has 9 heteroatoms. The predicted molar refractivity (Wildman–Crippen MR) is 133 cm³/mol. The lowest BCUT2D eigenvalue weighted by atomic mass is 10.1. The van der Waals surface area contributed by atoms with E-state index in [1.165, 1.54) is 6.33 Å². The number of ether oxygens (including phenoxy) is 1. The van der Waals surface area contributed by atoms with E-state index in [0.29, 0.717) is 0 Å². The van der Waals surface area contributed by atoms with E-state index in [1.807, 2.05) is 43.0 Å². The molecule has 0 spiro atoms. The van der Waals surface area contributed by atoms with Gasteiger partial charge in [0.15, 0.2) is 0 Å². The molecule has 4 aromatic heterocycles. The van der Waals surface area contributed by atoms with Gasteiger partial charge in [-0.1, -0.05) is 6.92 Å². The summed E-state index contributed by atoms with van der Waals surface area (Å²) in [5.74, 6) is 2.59. The standard InChI is InChI=1S/C26H26N8O/c1-2-20-14-29-26(16-28-20)32-10-8-22(9-11-32)35-23-4-6-25(30-15-23)33-12-7-19-13-21(3-5-24(19)33)34-18-27-17-31-34/h3-7,12-18,22H,2,8-11H2,1H3. The minimum atomic E-state index is 0.171. The number of hydrogen-bond donors (Lipinski definition) is 0. The fraction of sp³-hybridized carbons (Fsp3) is 0.269. The number of piperidine rings is 1. The average molecular weight is 467 g/mol. The van der Waals surface area contributed by atoms with Gasteiger partial charge in [0, 0.05) is 37.5 Å². The fourth-order valence-corrected chi connectivity index (χ4v) is 4.49. The summed E-state index contributed by atoms with van der Waals surface area (Å²) in [6.45, 7) is 3.90. The van der Waals surface area contributed by atoms with Crippen molar-refractivity contribution in [2.24, 2.45) is 0 Å². The Labute approximate surface area is 203 Å². The summed E-state index contributed by atoms with van der Waals surface area (Å²) in [5, 5.41) is 5.32. The molecule has 9 nitrogen and oxygen atoms in total. The Morgan fingerprint density at radius 2 is 1.83 bits per heavy atom. The highest BCUT2D eigenvalue weighted by molar-refractivity contribution is 5.83. The second-order valence-corrected chi connectivity index (χ2v) is 8.64. The van der Waals surface area contributed by atoms with Crippen LogP contribution in [0.5, 0.6) is 5.75 Å². The van der Waals surface area contributed by atoms with Gasteiger partial charge in [0.05, 0.1) is 35.5 Å². The van der Waals surface area contributed by atoms with E-state index in [2.05, 4.69) is 59.6 Å². The molecule has 5 heterocycles. The van der Waals surface area contributed by atoms with E-state index in [1.54, 1.807) is 11.0 Å². The second-order valence-electron chi connectivity index (χ2n) is 8.64. The lowest BCUT2D eigenvalue weighted by Crippen LogP contribution is -2.38. The topological polar surface area (TPSA) is 86.8 Å². The van der Waals surface area contributed by atoms with Crippen molar-refractivity contribution >= 4 is 16.7 Å². The summed E-state index contributed by atoms with van der Waals surface area (Å²) in [5.41, 5.74) is 3.07. The first-order valence-corrected chi connectivity index (χ1v) is 11.9. The Balaban J connectivity index is 1.10. The van der Waals surface area contributed by atoms with Crippen molar-refractivity contribution in [1.29, 1.82) is 0 Å². The first-order chi connectivity index (χ1) is 17.3. The molecule has 1 saturated heterocycles. The fourth-order valence-electron chi connectivity index (χ4n) is 4.49. The number of nitrogens with zero attached hydrogens (tertiary/aromatic N) is 8. The number of anilines is 1. The zero-order valence-corrected chi connectivity index (χ0v) is 19.5. The first-order valence-electron chi connectivity index (χ1n) is 11.9. The van der Waals surface area contributed by atoms with Crippen molar-refractivity contribution in [3.8, 4) is 17.3 Å². The van der Waals surface area contributed by atoms with Gasteiger partial charge in [-0.3, -0.25) is 4.98 Å². The molecular formula is C26H26N8O. The van der Waals surface area contributed by atoms with Gasteiger partial charge in [-0.15, -0.1) is 0 Å². The summed E-state index contributed by atoms with van der Waals surface area (Å²) < 4.78 is 10.1. The largest absolute Gasteiger partial charge is 0.489 e. The Bertz CT molecular complexity index is 1400. The van der Waals surface area contributed by atoms with E-state index in [0.717, 1.165) is 72.0 Å². The Hall–Kier alpha value is -4.27. The Morgan fingerprint density at radius 1 is 0.943 bits per heavy atom. The van der Waals surface area contributed by atoms with Crippen LogP contribution in [0.1, 0.15) is 25.5 Å². The number of aromatic nitrogens is 7. The van der Waals surface area contributed by atoms with E-state index < -0.39 is 0 Å². The molecule has 1 aliphatic rings. The number of rotatable bonds is 6. The quantitative estimate of drug-likeness (QED) is 0.374. The summed E-state index contributed by atoms with van der Waals surface area (Å²) in [4.78, 5) is 20.0. The van der Waals surface area contributed by atoms with Crippen LogP contribution < -0.4 is 9.64 Å². The molecule has 176 valence electrons. The molecule has 0 atom stereocenters. The van der Waals surface area contributed by atoms with Crippen molar-refractivity contribution in [2.45, 2.75) is 32.3 Å². The van der Waals surface area contributed by atoms with Gasteiger partial charge in [-0.05, 0) is 42.8 Å².